The number of anilines is 1. The third kappa shape index (κ3) is 3.67. The van der Waals surface area contributed by atoms with E-state index in [1.165, 1.54) is 12.8 Å². The molecule has 1 amide bonds. The van der Waals surface area contributed by atoms with Crippen molar-refractivity contribution in [3.05, 3.63) is 47.4 Å². The van der Waals surface area contributed by atoms with Crippen molar-refractivity contribution in [1.82, 2.24) is 20.3 Å². The minimum absolute atomic E-state index is 0.101. The summed E-state index contributed by atoms with van der Waals surface area (Å²) in [7, 11) is 0. The predicted octanol–water partition coefficient (Wildman–Crippen LogP) is 3.25. The Balaban J connectivity index is 1.43. The third-order valence-electron chi connectivity index (χ3n) is 4.62. The third-order valence-corrected chi connectivity index (χ3v) is 5.66. The Kier molecular flexibility index (Phi) is 4.79. The van der Waals surface area contributed by atoms with Gasteiger partial charge in [0.15, 0.2) is 0 Å². The average molecular weight is 367 g/mol. The van der Waals surface area contributed by atoms with Gasteiger partial charge in [0.25, 0.3) is 5.91 Å². The molecular formula is C19H21N5OS. The minimum Gasteiger partial charge on any atom is -0.356 e. The Labute approximate surface area is 156 Å². The molecule has 1 aliphatic heterocycles. The number of thiazole rings is 1. The summed E-state index contributed by atoms with van der Waals surface area (Å²) < 4.78 is 1.08. The molecule has 4 heterocycles. The van der Waals surface area contributed by atoms with E-state index in [1.807, 2.05) is 12.1 Å². The summed E-state index contributed by atoms with van der Waals surface area (Å²) in [4.78, 5) is 27.8. The summed E-state index contributed by atoms with van der Waals surface area (Å²) in [5, 5.41) is 3.83. The van der Waals surface area contributed by atoms with E-state index in [1.54, 1.807) is 36.0 Å². The first kappa shape index (κ1) is 16.9. The molecule has 1 saturated heterocycles. The van der Waals surface area contributed by atoms with Crippen molar-refractivity contribution in [3.63, 3.8) is 0 Å². The lowest BCUT2D eigenvalue weighted by atomic mass is 10.0. The van der Waals surface area contributed by atoms with Gasteiger partial charge in [0.05, 0.1) is 23.0 Å². The van der Waals surface area contributed by atoms with E-state index in [0.29, 0.717) is 18.0 Å². The summed E-state index contributed by atoms with van der Waals surface area (Å²) in [5.41, 5.74) is 1.50. The van der Waals surface area contributed by atoms with Gasteiger partial charge in [-0.1, -0.05) is 6.92 Å². The number of carbonyl (C=O) groups is 1. The molecule has 134 valence electrons. The minimum atomic E-state index is -0.101. The molecule has 1 atom stereocenters. The molecule has 0 radical (unpaired) electrons. The van der Waals surface area contributed by atoms with Crippen molar-refractivity contribution in [1.29, 1.82) is 0 Å². The van der Waals surface area contributed by atoms with Crippen molar-refractivity contribution in [2.75, 3.05) is 18.0 Å². The van der Waals surface area contributed by atoms with Gasteiger partial charge in [0.2, 0.25) is 0 Å². The molecule has 1 fully saturated rings. The van der Waals surface area contributed by atoms with E-state index in [-0.39, 0.29) is 5.91 Å². The molecule has 0 aromatic carbocycles. The molecule has 0 aliphatic carbocycles. The lowest BCUT2D eigenvalue weighted by molar-refractivity contribution is 0.0951. The highest BCUT2D eigenvalue weighted by Crippen LogP contribution is 2.22. The molecule has 3 aromatic heterocycles. The average Bonchev–Trinajstić information content (AvgIpc) is 3.09. The van der Waals surface area contributed by atoms with E-state index in [2.05, 4.69) is 32.1 Å². The Bertz CT molecular complexity index is 892. The van der Waals surface area contributed by atoms with Crippen LogP contribution in [-0.2, 0) is 6.54 Å². The van der Waals surface area contributed by atoms with Gasteiger partial charge in [-0.25, -0.2) is 9.97 Å². The second-order valence-electron chi connectivity index (χ2n) is 6.73. The highest BCUT2D eigenvalue weighted by molar-refractivity contribution is 7.18. The highest BCUT2D eigenvalue weighted by atomic mass is 32.1. The molecule has 3 aromatic rings. The molecule has 26 heavy (non-hydrogen) atoms. The van der Waals surface area contributed by atoms with Crippen molar-refractivity contribution < 1.29 is 4.79 Å². The number of aromatic nitrogens is 3. The Hall–Kier alpha value is -2.54. The first-order chi connectivity index (χ1) is 12.7. The number of rotatable bonds is 4. The van der Waals surface area contributed by atoms with Gasteiger partial charge in [-0.3, -0.25) is 9.78 Å². The Morgan fingerprint density at radius 3 is 3.15 bits per heavy atom. The zero-order valence-electron chi connectivity index (χ0n) is 14.7. The van der Waals surface area contributed by atoms with Crippen LogP contribution in [0, 0.1) is 5.92 Å². The normalized spacial score (nSPS) is 17.4. The van der Waals surface area contributed by atoms with E-state index in [4.69, 9.17) is 0 Å². The first-order valence-corrected chi connectivity index (χ1v) is 9.69. The van der Waals surface area contributed by atoms with Crippen LogP contribution in [0.15, 0.2) is 36.8 Å². The molecule has 7 heteroatoms. The summed E-state index contributed by atoms with van der Waals surface area (Å²) in [6.07, 6.45) is 7.64. The fourth-order valence-electron chi connectivity index (χ4n) is 3.29. The van der Waals surface area contributed by atoms with Gasteiger partial charge in [0, 0.05) is 31.0 Å². The van der Waals surface area contributed by atoms with Gasteiger partial charge in [-0.15, -0.1) is 11.3 Å². The zero-order chi connectivity index (χ0) is 17.9. The second kappa shape index (κ2) is 7.37. The molecular weight excluding hydrogens is 346 g/mol. The van der Waals surface area contributed by atoms with Crippen LogP contribution in [0.1, 0.15) is 35.1 Å². The smallest absolute Gasteiger partial charge is 0.251 e. The maximum Gasteiger partial charge on any atom is 0.251 e. The van der Waals surface area contributed by atoms with Gasteiger partial charge in [0.1, 0.15) is 10.8 Å². The van der Waals surface area contributed by atoms with Crippen LogP contribution < -0.4 is 10.2 Å². The number of nitrogens with one attached hydrogen (secondary N) is 1. The molecule has 0 saturated carbocycles. The van der Waals surface area contributed by atoms with Crippen LogP contribution in [0.2, 0.25) is 0 Å². The first-order valence-electron chi connectivity index (χ1n) is 8.87. The van der Waals surface area contributed by atoms with Gasteiger partial charge in [-0.2, -0.15) is 0 Å². The molecule has 0 bridgehead atoms. The van der Waals surface area contributed by atoms with Crippen LogP contribution in [0.3, 0.4) is 0 Å². The van der Waals surface area contributed by atoms with Gasteiger partial charge in [-0.05, 0) is 37.0 Å². The number of carbonyl (C=O) groups excluding carboxylic acids is 1. The molecule has 1 unspecified atom stereocenters. The van der Waals surface area contributed by atoms with Crippen molar-refractivity contribution in [2.24, 2.45) is 5.92 Å². The molecule has 6 nitrogen and oxygen atoms in total. The molecule has 1 N–H and O–H groups in total. The number of amides is 1. The Morgan fingerprint density at radius 1 is 1.38 bits per heavy atom. The summed E-state index contributed by atoms with van der Waals surface area (Å²) >= 11 is 1.57. The maximum absolute atomic E-state index is 12.5. The van der Waals surface area contributed by atoms with Crippen LogP contribution in [0.25, 0.3) is 10.2 Å². The van der Waals surface area contributed by atoms with Crippen molar-refractivity contribution >= 4 is 33.3 Å². The lowest BCUT2D eigenvalue weighted by Gasteiger charge is -2.31. The fraction of sp³-hybridized carbons (Fsp3) is 0.368. The summed E-state index contributed by atoms with van der Waals surface area (Å²) in [5.74, 6) is 1.45. The highest BCUT2D eigenvalue weighted by Gasteiger charge is 2.18. The van der Waals surface area contributed by atoms with Crippen LogP contribution in [0.5, 0.6) is 0 Å². The number of pyridine rings is 2. The Morgan fingerprint density at radius 2 is 2.31 bits per heavy atom. The zero-order valence-corrected chi connectivity index (χ0v) is 15.5. The summed E-state index contributed by atoms with van der Waals surface area (Å²) in [6.45, 7) is 4.67. The van der Waals surface area contributed by atoms with E-state index in [0.717, 1.165) is 34.1 Å². The number of fused-ring (bicyclic) bond motifs is 1. The molecule has 1 aliphatic rings. The van der Waals surface area contributed by atoms with Crippen LogP contribution in [0.4, 0.5) is 5.82 Å². The lowest BCUT2D eigenvalue weighted by Crippen LogP contribution is -2.35. The number of hydrogen-bond acceptors (Lipinski definition) is 6. The molecule has 0 spiro atoms. The van der Waals surface area contributed by atoms with Crippen molar-refractivity contribution in [3.8, 4) is 0 Å². The largest absolute Gasteiger partial charge is 0.356 e. The van der Waals surface area contributed by atoms with Gasteiger partial charge < -0.3 is 10.2 Å². The monoisotopic (exact) mass is 367 g/mol. The van der Waals surface area contributed by atoms with Crippen LogP contribution >= 0.6 is 11.3 Å². The van der Waals surface area contributed by atoms with Crippen molar-refractivity contribution in [2.45, 2.75) is 26.3 Å². The van der Waals surface area contributed by atoms with E-state index < -0.39 is 0 Å². The topological polar surface area (TPSA) is 71.0 Å². The standard InChI is InChI=1S/C19H21N5OS/c1-13-3-2-8-24(12-13)17-9-14(4-7-21-17)19(25)22-11-18-23-15-10-20-6-5-16(15)26-18/h4-7,9-10,13H,2-3,8,11-12H2,1H3,(H,22,25). The SMILES string of the molecule is CC1CCCN(c2cc(C(=O)NCc3nc4cnccc4s3)ccn2)C1. The predicted molar refractivity (Wildman–Crippen MR) is 103 cm³/mol. The maximum atomic E-state index is 12.5. The van der Waals surface area contributed by atoms with E-state index >= 15 is 0 Å². The van der Waals surface area contributed by atoms with E-state index in [9.17, 15) is 4.79 Å². The summed E-state index contributed by atoms with van der Waals surface area (Å²) in [6, 6.07) is 5.58. The molecule has 4 rings (SSSR count). The van der Waals surface area contributed by atoms with Crippen LogP contribution in [-0.4, -0.2) is 33.9 Å². The quantitative estimate of drug-likeness (QED) is 0.766. The van der Waals surface area contributed by atoms with Gasteiger partial charge >= 0.3 is 0 Å². The fourth-order valence-corrected chi connectivity index (χ4v) is 4.17. The number of nitrogens with zero attached hydrogens (tertiary/aromatic N) is 4. The number of piperidine rings is 1. The second-order valence-corrected chi connectivity index (χ2v) is 7.85. The number of hydrogen-bond donors (Lipinski definition) is 1.